The van der Waals surface area contributed by atoms with Crippen LogP contribution < -0.4 is 10.6 Å². The van der Waals surface area contributed by atoms with Crippen LogP contribution in [0.4, 0.5) is 4.39 Å². The number of carbonyl (C=O) groups is 1. The van der Waals surface area contributed by atoms with Gasteiger partial charge in [0.25, 0.3) is 0 Å². The Morgan fingerprint density at radius 1 is 1.37 bits per heavy atom. The molecule has 1 unspecified atom stereocenters. The second kappa shape index (κ2) is 7.84. The predicted octanol–water partition coefficient (Wildman–Crippen LogP) is 2.03. The van der Waals surface area contributed by atoms with E-state index < -0.39 is 0 Å². The van der Waals surface area contributed by atoms with Gasteiger partial charge >= 0.3 is 0 Å². The summed E-state index contributed by atoms with van der Waals surface area (Å²) in [7, 11) is 0. The summed E-state index contributed by atoms with van der Waals surface area (Å²) in [4.78, 5) is 15.5. The van der Waals surface area contributed by atoms with Crippen molar-refractivity contribution in [3.8, 4) is 0 Å². The maximum absolute atomic E-state index is 12.7. The first-order chi connectivity index (χ1) is 8.99. The Kier molecular flexibility index (Phi) is 6.42. The normalized spacial score (nSPS) is 12.5. The summed E-state index contributed by atoms with van der Waals surface area (Å²) in [6.07, 6.45) is 1.63. The number of pyridine rings is 1. The third-order valence-corrected chi connectivity index (χ3v) is 2.70. The van der Waals surface area contributed by atoms with Crippen LogP contribution in [0.5, 0.6) is 0 Å². The van der Waals surface area contributed by atoms with E-state index in [9.17, 15) is 9.18 Å². The maximum atomic E-state index is 12.7. The van der Waals surface area contributed by atoms with Crippen LogP contribution in [0.25, 0.3) is 0 Å². The topological polar surface area (TPSA) is 54.0 Å². The van der Waals surface area contributed by atoms with Crippen LogP contribution in [0.2, 0.25) is 0 Å². The van der Waals surface area contributed by atoms with Crippen LogP contribution in [0, 0.1) is 11.7 Å². The van der Waals surface area contributed by atoms with Gasteiger partial charge in [0, 0.05) is 25.6 Å². The van der Waals surface area contributed by atoms with Gasteiger partial charge in [-0.15, -0.1) is 0 Å². The van der Waals surface area contributed by atoms with Gasteiger partial charge < -0.3 is 10.6 Å². The molecule has 0 fully saturated rings. The summed E-state index contributed by atoms with van der Waals surface area (Å²) >= 11 is 0. The Hall–Kier alpha value is -1.49. The molecule has 19 heavy (non-hydrogen) atoms. The van der Waals surface area contributed by atoms with Crippen LogP contribution in [-0.4, -0.2) is 24.0 Å². The van der Waals surface area contributed by atoms with Gasteiger partial charge in [0.2, 0.25) is 5.91 Å². The number of aromatic nitrogens is 1. The van der Waals surface area contributed by atoms with Gasteiger partial charge in [-0.1, -0.05) is 13.8 Å². The van der Waals surface area contributed by atoms with Crippen LogP contribution in [-0.2, 0) is 4.79 Å². The lowest BCUT2D eigenvalue weighted by atomic mass is 10.2. The summed E-state index contributed by atoms with van der Waals surface area (Å²) in [5.74, 6) is 0.156. The van der Waals surface area contributed by atoms with Gasteiger partial charge in [-0.05, 0) is 25.0 Å². The molecule has 0 radical (unpaired) electrons. The number of carbonyl (C=O) groups excluding carboxylic acids is 1. The molecule has 0 bridgehead atoms. The molecule has 1 amide bonds. The van der Waals surface area contributed by atoms with Crippen molar-refractivity contribution in [2.24, 2.45) is 5.92 Å². The molecule has 0 aliphatic rings. The van der Waals surface area contributed by atoms with Gasteiger partial charge in [-0.2, -0.15) is 0 Å². The zero-order chi connectivity index (χ0) is 14.3. The van der Waals surface area contributed by atoms with E-state index >= 15 is 0 Å². The third-order valence-electron chi connectivity index (χ3n) is 2.70. The molecule has 1 aromatic heterocycles. The molecular formula is C14H22FN3O. The van der Waals surface area contributed by atoms with Crippen molar-refractivity contribution in [1.82, 2.24) is 15.6 Å². The SMILES string of the molecule is CC(C)CNC(=O)CCNC(C)c1ccc(F)cn1. The Morgan fingerprint density at radius 2 is 2.11 bits per heavy atom. The maximum Gasteiger partial charge on any atom is 0.221 e. The number of halogens is 1. The van der Waals surface area contributed by atoms with E-state index in [-0.39, 0.29) is 17.8 Å². The summed E-state index contributed by atoms with van der Waals surface area (Å²) < 4.78 is 12.7. The first-order valence-corrected chi connectivity index (χ1v) is 6.60. The summed E-state index contributed by atoms with van der Waals surface area (Å²) in [6, 6.07) is 3.03. The number of nitrogens with one attached hydrogen (secondary N) is 2. The van der Waals surface area contributed by atoms with E-state index in [0.717, 1.165) is 5.69 Å². The lowest BCUT2D eigenvalue weighted by Gasteiger charge is -2.13. The fraction of sp³-hybridized carbons (Fsp3) is 0.571. The highest BCUT2D eigenvalue weighted by molar-refractivity contribution is 5.76. The van der Waals surface area contributed by atoms with E-state index in [0.29, 0.717) is 25.4 Å². The number of amides is 1. The summed E-state index contributed by atoms with van der Waals surface area (Å²) in [5, 5.41) is 6.05. The highest BCUT2D eigenvalue weighted by Crippen LogP contribution is 2.08. The smallest absolute Gasteiger partial charge is 0.221 e. The first kappa shape index (κ1) is 15.6. The Balaban J connectivity index is 2.25. The fourth-order valence-electron chi connectivity index (χ4n) is 1.56. The number of nitrogens with zero attached hydrogens (tertiary/aromatic N) is 1. The largest absolute Gasteiger partial charge is 0.356 e. The highest BCUT2D eigenvalue weighted by atomic mass is 19.1. The van der Waals surface area contributed by atoms with E-state index in [1.807, 2.05) is 6.92 Å². The van der Waals surface area contributed by atoms with Crippen molar-refractivity contribution in [2.45, 2.75) is 33.2 Å². The molecule has 0 aliphatic heterocycles. The minimum absolute atomic E-state index is 0.00139. The molecule has 0 aliphatic carbocycles. The average molecular weight is 267 g/mol. The molecular weight excluding hydrogens is 245 g/mol. The molecule has 106 valence electrons. The Morgan fingerprint density at radius 3 is 2.68 bits per heavy atom. The number of rotatable bonds is 7. The average Bonchev–Trinajstić information content (AvgIpc) is 2.37. The van der Waals surface area contributed by atoms with Crippen LogP contribution in [0.3, 0.4) is 0 Å². The van der Waals surface area contributed by atoms with Gasteiger partial charge in [-0.3, -0.25) is 9.78 Å². The fourth-order valence-corrected chi connectivity index (χ4v) is 1.56. The Labute approximate surface area is 113 Å². The van der Waals surface area contributed by atoms with Crippen molar-refractivity contribution < 1.29 is 9.18 Å². The van der Waals surface area contributed by atoms with E-state index in [2.05, 4.69) is 29.5 Å². The molecule has 1 rings (SSSR count). The van der Waals surface area contributed by atoms with Crippen molar-refractivity contribution >= 4 is 5.91 Å². The molecule has 1 heterocycles. The first-order valence-electron chi connectivity index (χ1n) is 6.60. The lowest BCUT2D eigenvalue weighted by Crippen LogP contribution is -2.31. The van der Waals surface area contributed by atoms with Crippen molar-refractivity contribution in [3.05, 3.63) is 29.8 Å². The van der Waals surface area contributed by atoms with Gasteiger partial charge in [-0.25, -0.2) is 4.39 Å². The molecule has 0 aromatic carbocycles. The number of hydrogen-bond acceptors (Lipinski definition) is 3. The third kappa shape index (κ3) is 6.29. The molecule has 4 nitrogen and oxygen atoms in total. The van der Waals surface area contributed by atoms with Gasteiger partial charge in [0.05, 0.1) is 11.9 Å². The highest BCUT2D eigenvalue weighted by Gasteiger charge is 2.07. The molecule has 0 spiro atoms. The molecule has 1 atom stereocenters. The second-order valence-electron chi connectivity index (χ2n) is 5.03. The van der Waals surface area contributed by atoms with E-state index in [4.69, 9.17) is 0 Å². The van der Waals surface area contributed by atoms with Crippen molar-refractivity contribution in [1.29, 1.82) is 0 Å². The van der Waals surface area contributed by atoms with E-state index in [1.54, 1.807) is 6.07 Å². The minimum atomic E-state index is -0.344. The van der Waals surface area contributed by atoms with Crippen molar-refractivity contribution in [3.63, 3.8) is 0 Å². The zero-order valence-corrected chi connectivity index (χ0v) is 11.7. The van der Waals surface area contributed by atoms with Gasteiger partial charge in [0.1, 0.15) is 5.82 Å². The van der Waals surface area contributed by atoms with Crippen molar-refractivity contribution in [2.75, 3.05) is 13.1 Å². The summed E-state index contributed by atoms with van der Waals surface area (Å²) in [5.41, 5.74) is 0.768. The summed E-state index contributed by atoms with van der Waals surface area (Å²) in [6.45, 7) is 7.33. The molecule has 5 heteroatoms. The minimum Gasteiger partial charge on any atom is -0.356 e. The van der Waals surface area contributed by atoms with Crippen LogP contribution >= 0.6 is 0 Å². The van der Waals surface area contributed by atoms with Crippen LogP contribution in [0.1, 0.15) is 38.9 Å². The predicted molar refractivity (Wildman–Crippen MR) is 73.1 cm³/mol. The number of hydrogen-bond donors (Lipinski definition) is 2. The van der Waals surface area contributed by atoms with Gasteiger partial charge in [0.15, 0.2) is 0 Å². The second-order valence-corrected chi connectivity index (χ2v) is 5.03. The zero-order valence-electron chi connectivity index (χ0n) is 11.7. The standard InChI is InChI=1S/C14H22FN3O/c1-10(2)8-18-14(19)6-7-16-11(3)13-5-4-12(15)9-17-13/h4-5,9-11,16H,6-8H2,1-3H3,(H,18,19). The molecule has 0 saturated heterocycles. The molecule has 2 N–H and O–H groups in total. The quantitative estimate of drug-likeness (QED) is 0.795. The Bertz CT molecular complexity index is 392. The van der Waals surface area contributed by atoms with Crippen LogP contribution in [0.15, 0.2) is 18.3 Å². The molecule has 0 saturated carbocycles. The monoisotopic (exact) mass is 267 g/mol. The molecule has 1 aromatic rings. The van der Waals surface area contributed by atoms with E-state index in [1.165, 1.54) is 12.3 Å². The lowest BCUT2D eigenvalue weighted by molar-refractivity contribution is -0.121.